The van der Waals surface area contributed by atoms with Gasteiger partial charge in [0.05, 0.1) is 0 Å². The predicted molar refractivity (Wildman–Crippen MR) is 47.8 cm³/mol. The van der Waals surface area contributed by atoms with E-state index in [1.807, 2.05) is 6.07 Å². The van der Waals surface area contributed by atoms with Crippen LogP contribution in [0.5, 0.6) is 0 Å². The zero-order chi connectivity index (χ0) is 8.55. The van der Waals surface area contributed by atoms with Gasteiger partial charge in [-0.25, -0.2) is 4.98 Å². The summed E-state index contributed by atoms with van der Waals surface area (Å²) in [5, 5.41) is 0. The van der Waals surface area contributed by atoms with Gasteiger partial charge in [-0.3, -0.25) is 0 Å². The molecular formula is C8H12N4. The van der Waals surface area contributed by atoms with Crippen LogP contribution < -0.4 is 10.6 Å². The molecule has 1 aliphatic heterocycles. The Balaban J connectivity index is 2.13. The van der Waals surface area contributed by atoms with Crippen molar-refractivity contribution in [3.8, 4) is 0 Å². The minimum atomic E-state index is 0.354. The van der Waals surface area contributed by atoms with E-state index in [-0.39, 0.29) is 0 Å². The number of nitrogen functional groups attached to an aromatic ring is 1. The van der Waals surface area contributed by atoms with Crippen molar-refractivity contribution in [2.24, 2.45) is 5.92 Å². The number of nitrogens with two attached hydrogens (primary N) is 1. The van der Waals surface area contributed by atoms with Crippen LogP contribution in [0.1, 0.15) is 6.92 Å². The third kappa shape index (κ3) is 1.20. The van der Waals surface area contributed by atoms with Crippen molar-refractivity contribution in [3.05, 3.63) is 12.3 Å². The van der Waals surface area contributed by atoms with Crippen molar-refractivity contribution < 1.29 is 0 Å². The Morgan fingerprint density at radius 2 is 2.33 bits per heavy atom. The van der Waals surface area contributed by atoms with Crippen LogP contribution in [0, 0.1) is 5.92 Å². The van der Waals surface area contributed by atoms with Gasteiger partial charge in [0.15, 0.2) is 0 Å². The topological polar surface area (TPSA) is 55.0 Å². The predicted octanol–water partition coefficient (Wildman–Crippen LogP) is 0.515. The van der Waals surface area contributed by atoms with Crippen molar-refractivity contribution >= 4 is 11.8 Å². The maximum Gasteiger partial charge on any atom is 0.221 e. The molecule has 0 amide bonds. The van der Waals surface area contributed by atoms with Gasteiger partial charge < -0.3 is 10.6 Å². The van der Waals surface area contributed by atoms with Gasteiger partial charge in [0.1, 0.15) is 5.82 Å². The summed E-state index contributed by atoms with van der Waals surface area (Å²) in [7, 11) is 0. The molecule has 4 heteroatoms. The van der Waals surface area contributed by atoms with Gasteiger partial charge in [0.2, 0.25) is 5.95 Å². The average molecular weight is 164 g/mol. The molecule has 0 saturated carbocycles. The molecule has 0 radical (unpaired) electrons. The first-order valence-electron chi connectivity index (χ1n) is 4.09. The molecule has 0 aliphatic carbocycles. The largest absolute Gasteiger partial charge is 0.368 e. The Morgan fingerprint density at radius 3 is 2.92 bits per heavy atom. The third-order valence-electron chi connectivity index (χ3n) is 2.05. The number of anilines is 2. The summed E-state index contributed by atoms with van der Waals surface area (Å²) in [4.78, 5) is 10.2. The summed E-state index contributed by atoms with van der Waals surface area (Å²) < 4.78 is 0. The van der Waals surface area contributed by atoms with Crippen LogP contribution >= 0.6 is 0 Å². The number of rotatable bonds is 1. The first-order valence-corrected chi connectivity index (χ1v) is 4.09. The average Bonchev–Trinajstić information content (AvgIpc) is 1.99. The minimum Gasteiger partial charge on any atom is -0.368 e. The SMILES string of the molecule is CC1CN(c2ccnc(N)n2)C1. The van der Waals surface area contributed by atoms with Crippen molar-refractivity contribution in [2.75, 3.05) is 23.7 Å². The molecule has 0 bridgehead atoms. The van der Waals surface area contributed by atoms with E-state index >= 15 is 0 Å². The highest BCUT2D eigenvalue weighted by atomic mass is 15.3. The monoisotopic (exact) mass is 164 g/mol. The molecule has 0 aromatic carbocycles. The molecule has 4 nitrogen and oxygen atoms in total. The molecular weight excluding hydrogens is 152 g/mol. The fraction of sp³-hybridized carbons (Fsp3) is 0.500. The van der Waals surface area contributed by atoms with Crippen LogP contribution in [0.15, 0.2) is 12.3 Å². The van der Waals surface area contributed by atoms with Crippen LogP contribution in [0.25, 0.3) is 0 Å². The zero-order valence-corrected chi connectivity index (χ0v) is 7.07. The van der Waals surface area contributed by atoms with Crippen molar-refractivity contribution in [1.29, 1.82) is 0 Å². The molecule has 1 aliphatic rings. The van der Waals surface area contributed by atoms with Crippen molar-refractivity contribution in [2.45, 2.75) is 6.92 Å². The van der Waals surface area contributed by atoms with Crippen molar-refractivity contribution in [3.63, 3.8) is 0 Å². The Bertz CT molecular complexity index is 280. The minimum absolute atomic E-state index is 0.354. The van der Waals surface area contributed by atoms with E-state index in [4.69, 9.17) is 5.73 Å². The van der Waals surface area contributed by atoms with Gasteiger partial charge in [-0.15, -0.1) is 0 Å². The van der Waals surface area contributed by atoms with Gasteiger partial charge in [-0.05, 0) is 12.0 Å². The van der Waals surface area contributed by atoms with Crippen molar-refractivity contribution in [1.82, 2.24) is 9.97 Å². The molecule has 1 aromatic rings. The molecule has 0 unspecified atom stereocenters. The summed E-state index contributed by atoms with van der Waals surface area (Å²) in [5.74, 6) is 2.08. The first-order chi connectivity index (χ1) is 5.75. The van der Waals surface area contributed by atoms with Gasteiger partial charge in [0.25, 0.3) is 0 Å². The number of hydrogen-bond donors (Lipinski definition) is 1. The second-order valence-corrected chi connectivity index (χ2v) is 3.28. The smallest absolute Gasteiger partial charge is 0.221 e. The second kappa shape index (κ2) is 2.62. The molecule has 1 fully saturated rings. The molecule has 1 aromatic heterocycles. The maximum absolute atomic E-state index is 5.46. The van der Waals surface area contributed by atoms with Crippen LogP contribution in [0.4, 0.5) is 11.8 Å². The van der Waals surface area contributed by atoms with Gasteiger partial charge in [-0.1, -0.05) is 6.92 Å². The summed E-state index contributed by atoms with van der Waals surface area (Å²) in [6, 6.07) is 1.89. The fourth-order valence-corrected chi connectivity index (χ4v) is 1.43. The molecule has 2 rings (SSSR count). The van der Waals surface area contributed by atoms with Crippen LogP contribution in [-0.2, 0) is 0 Å². The van der Waals surface area contributed by atoms with Crippen LogP contribution in [0.2, 0.25) is 0 Å². The third-order valence-corrected chi connectivity index (χ3v) is 2.05. The molecule has 2 heterocycles. The Hall–Kier alpha value is -1.32. The zero-order valence-electron chi connectivity index (χ0n) is 7.07. The maximum atomic E-state index is 5.46. The van der Waals surface area contributed by atoms with E-state index in [0.717, 1.165) is 24.8 Å². The van der Waals surface area contributed by atoms with Gasteiger partial charge in [0, 0.05) is 19.3 Å². The lowest BCUT2D eigenvalue weighted by atomic mass is 10.0. The second-order valence-electron chi connectivity index (χ2n) is 3.28. The summed E-state index contributed by atoms with van der Waals surface area (Å²) in [6.45, 7) is 4.38. The van der Waals surface area contributed by atoms with Gasteiger partial charge in [-0.2, -0.15) is 4.98 Å². The Kier molecular flexibility index (Phi) is 1.60. The first kappa shape index (κ1) is 7.34. The Labute approximate surface area is 71.4 Å². The summed E-state index contributed by atoms with van der Waals surface area (Å²) in [5.41, 5.74) is 5.46. The molecule has 0 spiro atoms. The summed E-state index contributed by atoms with van der Waals surface area (Å²) >= 11 is 0. The number of nitrogens with zero attached hydrogens (tertiary/aromatic N) is 3. The molecule has 12 heavy (non-hydrogen) atoms. The molecule has 64 valence electrons. The normalized spacial score (nSPS) is 17.6. The van der Waals surface area contributed by atoms with Crippen LogP contribution in [0.3, 0.4) is 0 Å². The molecule has 1 saturated heterocycles. The highest BCUT2D eigenvalue weighted by Gasteiger charge is 2.23. The number of hydrogen-bond acceptors (Lipinski definition) is 4. The van der Waals surface area contributed by atoms with E-state index in [9.17, 15) is 0 Å². The van der Waals surface area contributed by atoms with E-state index in [1.165, 1.54) is 0 Å². The molecule has 0 atom stereocenters. The lowest BCUT2D eigenvalue weighted by Gasteiger charge is -2.38. The quantitative estimate of drug-likeness (QED) is 0.657. The Morgan fingerprint density at radius 1 is 1.58 bits per heavy atom. The highest BCUT2D eigenvalue weighted by molar-refractivity contribution is 5.43. The van der Waals surface area contributed by atoms with E-state index in [2.05, 4.69) is 21.8 Å². The van der Waals surface area contributed by atoms with E-state index in [1.54, 1.807) is 6.20 Å². The van der Waals surface area contributed by atoms with E-state index < -0.39 is 0 Å². The fourth-order valence-electron chi connectivity index (χ4n) is 1.43. The van der Waals surface area contributed by atoms with Crippen LogP contribution in [-0.4, -0.2) is 23.1 Å². The lowest BCUT2D eigenvalue weighted by Crippen LogP contribution is -2.45. The number of aromatic nitrogens is 2. The van der Waals surface area contributed by atoms with Gasteiger partial charge >= 0.3 is 0 Å². The standard InChI is InChI=1S/C8H12N4/c1-6-4-12(5-6)7-2-3-10-8(9)11-7/h2-3,6H,4-5H2,1H3,(H2,9,10,11). The highest BCUT2D eigenvalue weighted by Crippen LogP contribution is 2.21. The lowest BCUT2D eigenvalue weighted by molar-refractivity contribution is 0.443. The molecule has 2 N–H and O–H groups in total. The van der Waals surface area contributed by atoms with E-state index in [0.29, 0.717) is 5.95 Å². The summed E-state index contributed by atoms with van der Waals surface area (Å²) in [6.07, 6.45) is 1.70.